The molecule has 1 aromatic rings. The minimum Gasteiger partial charge on any atom is -0.478 e. The van der Waals surface area contributed by atoms with Crippen LogP contribution in [0, 0.1) is 0 Å². The van der Waals surface area contributed by atoms with Crippen LogP contribution in [0.4, 0.5) is 0 Å². The van der Waals surface area contributed by atoms with Gasteiger partial charge < -0.3 is 14.7 Å². The third-order valence-corrected chi connectivity index (χ3v) is 2.94. The van der Waals surface area contributed by atoms with Gasteiger partial charge in [-0.2, -0.15) is 0 Å². The molecule has 19 heavy (non-hydrogen) atoms. The molecule has 2 heterocycles. The SMILES string of the molecule is C[C@@H]1CN(C(=O)c2ccc(C(=O)O)cn2)C[C@H](C)O1. The molecule has 0 aromatic carbocycles. The lowest BCUT2D eigenvalue weighted by Crippen LogP contribution is -2.48. The van der Waals surface area contributed by atoms with Crippen molar-refractivity contribution in [3.8, 4) is 0 Å². The number of pyridine rings is 1. The summed E-state index contributed by atoms with van der Waals surface area (Å²) >= 11 is 0. The quantitative estimate of drug-likeness (QED) is 0.863. The largest absolute Gasteiger partial charge is 0.478 e. The molecule has 0 aliphatic carbocycles. The molecule has 6 heteroatoms. The van der Waals surface area contributed by atoms with Crippen LogP contribution in [0.15, 0.2) is 18.3 Å². The predicted molar refractivity (Wildman–Crippen MR) is 67.1 cm³/mol. The standard InChI is InChI=1S/C13H16N2O4/c1-8-6-15(7-9(2)19-8)12(16)11-4-3-10(5-14-11)13(17)18/h3-5,8-9H,6-7H2,1-2H3,(H,17,18)/t8-,9+. The van der Waals surface area contributed by atoms with Crippen molar-refractivity contribution in [1.82, 2.24) is 9.88 Å². The fraction of sp³-hybridized carbons (Fsp3) is 0.462. The molecule has 0 radical (unpaired) electrons. The van der Waals surface area contributed by atoms with E-state index >= 15 is 0 Å². The van der Waals surface area contributed by atoms with E-state index in [2.05, 4.69) is 4.98 Å². The Kier molecular flexibility index (Phi) is 3.80. The van der Waals surface area contributed by atoms with Crippen LogP contribution < -0.4 is 0 Å². The summed E-state index contributed by atoms with van der Waals surface area (Å²) in [6, 6.07) is 2.83. The lowest BCUT2D eigenvalue weighted by Gasteiger charge is -2.35. The first-order chi connectivity index (χ1) is 8.97. The van der Waals surface area contributed by atoms with Crippen molar-refractivity contribution < 1.29 is 19.4 Å². The van der Waals surface area contributed by atoms with Crippen molar-refractivity contribution in [2.24, 2.45) is 0 Å². The molecule has 1 aliphatic rings. The molecule has 1 N–H and O–H groups in total. The van der Waals surface area contributed by atoms with Crippen LogP contribution in [-0.4, -0.2) is 52.2 Å². The van der Waals surface area contributed by atoms with Gasteiger partial charge in [0.25, 0.3) is 5.91 Å². The van der Waals surface area contributed by atoms with Gasteiger partial charge >= 0.3 is 5.97 Å². The van der Waals surface area contributed by atoms with Crippen molar-refractivity contribution >= 4 is 11.9 Å². The molecule has 1 amide bonds. The normalized spacial score (nSPS) is 23.2. The molecule has 0 unspecified atom stereocenters. The first-order valence-electron chi connectivity index (χ1n) is 6.11. The molecule has 0 spiro atoms. The van der Waals surface area contributed by atoms with E-state index < -0.39 is 5.97 Å². The molecular formula is C13H16N2O4. The van der Waals surface area contributed by atoms with Crippen LogP contribution in [-0.2, 0) is 4.74 Å². The third kappa shape index (κ3) is 3.08. The first kappa shape index (κ1) is 13.5. The van der Waals surface area contributed by atoms with Gasteiger partial charge in [0.05, 0.1) is 17.8 Å². The summed E-state index contributed by atoms with van der Waals surface area (Å²) in [5.74, 6) is -1.25. The molecule has 1 aromatic heterocycles. The number of carboxylic acids is 1. The maximum Gasteiger partial charge on any atom is 0.337 e. The number of morpholine rings is 1. The van der Waals surface area contributed by atoms with E-state index in [1.807, 2.05) is 13.8 Å². The second kappa shape index (κ2) is 5.36. The Balaban J connectivity index is 2.12. The molecule has 0 saturated carbocycles. The summed E-state index contributed by atoms with van der Waals surface area (Å²) < 4.78 is 5.56. The lowest BCUT2D eigenvalue weighted by molar-refractivity contribution is -0.0587. The van der Waals surface area contributed by atoms with Crippen molar-refractivity contribution in [1.29, 1.82) is 0 Å². The average Bonchev–Trinajstić information content (AvgIpc) is 2.37. The highest BCUT2D eigenvalue weighted by molar-refractivity contribution is 5.93. The summed E-state index contributed by atoms with van der Waals surface area (Å²) in [5.41, 5.74) is 0.326. The molecule has 6 nitrogen and oxygen atoms in total. The molecular weight excluding hydrogens is 248 g/mol. The van der Waals surface area contributed by atoms with Crippen LogP contribution >= 0.6 is 0 Å². The number of carbonyl (C=O) groups excluding carboxylic acids is 1. The predicted octanol–water partition coefficient (Wildman–Crippen LogP) is 1.03. The zero-order valence-corrected chi connectivity index (χ0v) is 10.9. The average molecular weight is 264 g/mol. The molecule has 1 saturated heterocycles. The van der Waals surface area contributed by atoms with E-state index in [1.165, 1.54) is 18.3 Å². The molecule has 1 aliphatic heterocycles. The monoisotopic (exact) mass is 264 g/mol. The summed E-state index contributed by atoms with van der Waals surface area (Å²) in [4.78, 5) is 28.5. The van der Waals surface area contributed by atoms with Crippen molar-refractivity contribution in [2.75, 3.05) is 13.1 Å². The number of hydrogen-bond acceptors (Lipinski definition) is 4. The topological polar surface area (TPSA) is 79.7 Å². The van der Waals surface area contributed by atoms with Crippen LogP contribution in [0.1, 0.15) is 34.7 Å². The maximum atomic E-state index is 12.2. The van der Waals surface area contributed by atoms with Gasteiger partial charge in [-0.25, -0.2) is 4.79 Å². The van der Waals surface area contributed by atoms with Crippen molar-refractivity contribution in [2.45, 2.75) is 26.1 Å². The summed E-state index contributed by atoms with van der Waals surface area (Å²) in [6.45, 7) is 4.87. The Morgan fingerprint density at radius 2 is 1.95 bits per heavy atom. The Morgan fingerprint density at radius 3 is 2.42 bits per heavy atom. The number of carbonyl (C=O) groups is 2. The van der Waals surface area contributed by atoms with Crippen LogP contribution in [0.5, 0.6) is 0 Å². The number of aromatic carboxylic acids is 1. The van der Waals surface area contributed by atoms with E-state index in [0.29, 0.717) is 13.1 Å². The van der Waals surface area contributed by atoms with Crippen molar-refractivity contribution in [3.05, 3.63) is 29.6 Å². The minimum atomic E-state index is -1.06. The van der Waals surface area contributed by atoms with E-state index in [-0.39, 0.29) is 29.4 Å². The lowest BCUT2D eigenvalue weighted by atomic mass is 10.2. The number of nitrogens with zero attached hydrogens (tertiary/aromatic N) is 2. The number of rotatable bonds is 2. The first-order valence-corrected chi connectivity index (χ1v) is 6.11. The second-order valence-electron chi connectivity index (χ2n) is 4.70. The Bertz CT molecular complexity index is 476. The summed E-state index contributed by atoms with van der Waals surface area (Å²) in [6.07, 6.45) is 1.18. The summed E-state index contributed by atoms with van der Waals surface area (Å²) in [5, 5.41) is 8.78. The third-order valence-electron chi connectivity index (χ3n) is 2.94. The Hall–Kier alpha value is -1.95. The van der Waals surface area contributed by atoms with E-state index in [0.717, 1.165) is 0 Å². The van der Waals surface area contributed by atoms with Gasteiger partial charge in [0, 0.05) is 19.3 Å². The number of amides is 1. The number of aromatic nitrogens is 1. The Morgan fingerprint density at radius 1 is 1.32 bits per heavy atom. The van der Waals surface area contributed by atoms with Gasteiger partial charge in [0.2, 0.25) is 0 Å². The van der Waals surface area contributed by atoms with Gasteiger partial charge in [-0.1, -0.05) is 0 Å². The molecule has 1 fully saturated rings. The highest BCUT2D eigenvalue weighted by atomic mass is 16.5. The minimum absolute atomic E-state index is 0.00834. The van der Waals surface area contributed by atoms with Gasteiger partial charge in [-0.3, -0.25) is 9.78 Å². The smallest absolute Gasteiger partial charge is 0.337 e. The van der Waals surface area contributed by atoms with Crippen LogP contribution in [0.2, 0.25) is 0 Å². The summed E-state index contributed by atoms with van der Waals surface area (Å²) in [7, 11) is 0. The highest BCUT2D eigenvalue weighted by Gasteiger charge is 2.27. The fourth-order valence-electron chi connectivity index (χ4n) is 2.15. The molecule has 102 valence electrons. The van der Waals surface area contributed by atoms with Crippen molar-refractivity contribution in [3.63, 3.8) is 0 Å². The molecule has 2 rings (SSSR count). The fourth-order valence-corrected chi connectivity index (χ4v) is 2.15. The van der Waals surface area contributed by atoms with E-state index in [9.17, 15) is 9.59 Å². The van der Waals surface area contributed by atoms with E-state index in [4.69, 9.17) is 9.84 Å². The van der Waals surface area contributed by atoms with Gasteiger partial charge in [0.1, 0.15) is 5.69 Å². The van der Waals surface area contributed by atoms with Crippen LogP contribution in [0.25, 0.3) is 0 Å². The second-order valence-corrected chi connectivity index (χ2v) is 4.70. The molecule has 2 atom stereocenters. The van der Waals surface area contributed by atoms with E-state index in [1.54, 1.807) is 4.90 Å². The zero-order chi connectivity index (χ0) is 14.0. The van der Waals surface area contributed by atoms with Crippen LogP contribution in [0.3, 0.4) is 0 Å². The van der Waals surface area contributed by atoms with Gasteiger partial charge in [-0.05, 0) is 26.0 Å². The highest BCUT2D eigenvalue weighted by Crippen LogP contribution is 2.13. The molecule has 0 bridgehead atoms. The number of carboxylic acid groups (broad SMARTS) is 1. The number of hydrogen-bond donors (Lipinski definition) is 1. The van der Waals surface area contributed by atoms with Gasteiger partial charge in [0.15, 0.2) is 0 Å². The Labute approximate surface area is 111 Å². The number of ether oxygens (including phenoxy) is 1. The maximum absolute atomic E-state index is 12.2. The van der Waals surface area contributed by atoms with Gasteiger partial charge in [-0.15, -0.1) is 0 Å². The zero-order valence-electron chi connectivity index (χ0n) is 10.9.